The van der Waals surface area contributed by atoms with Gasteiger partial charge in [0.15, 0.2) is 0 Å². The zero-order valence-corrected chi connectivity index (χ0v) is 10.7. The van der Waals surface area contributed by atoms with Gasteiger partial charge >= 0.3 is 0 Å². The summed E-state index contributed by atoms with van der Waals surface area (Å²) in [6.07, 6.45) is 2.26. The van der Waals surface area contributed by atoms with E-state index < -0.39 is 0 Å². The van der Waals surface area contributed by atoms with Crippen LogP contribution in [0.3, 0.4) is 0 Å². The van der Waals surface area contributed by atoms with E-state index >= 15 is 0 Å². The third-order valence-electron chi connectivity index (χ3n) is 2.74. The summed E-state index contributed by atoms with van der Waals surface area (Å²) in [5.74, 6) is 1.26. The number of hydrogen-bond donors (Lipinski definition) is 2. The van der Waals surface area contributed by atoms with Gasteiger partial charge in [0.1, 0.15) is 11.5 Å². The minimum absolute atomic E-state index is 0.202. The normalized spacial score (nSPS) is 10.2. The first-order valence-corrected chi connectivity index (χ1v) is 5.95. The van der Waals surface area contributed by atoms with E-state index in [1.54, 1.807) is 31.6 Å². The Morgan fingerprint density at radius 1 is 1.42 bits per heavy atom. The van der Waals surface area contributed by atoms with Crippen LogP contribution in [-0.4, -0.2) is 19.6 Å². The van der Waals surface area contributed by atoms with Gasteiger partial charge in [-0.05, 0) is 24.3 Å². The molecule has 0 spiro atoms. The third kappa shape index (κ3) is 3.28. The smallest absolute Gasteiger partial charge is 0.253 e. The van der Waals surface area contributed by atoms with E-state index in [9.17, 15) is 4.79 Å². The molecule has 1 aromatic carbocycles. The lowest BCUT2D eigenvalue weighted by molar-refractivity contribution is 0.0954. The summed E-state index contributed by atoms with van der Waals surface area (Å²) in [4.78, 5) is 11.9. The molecule has 0 aliphatic heterocycles. The number of amides is 1. The molecule has 3 N–H and O–H groups in total. The number of anilines is 1. The van der Waals surface area contributed by atoms with Gasteiger partial charge in [-0.2, -0.15) is 0 Å². The van der Waals surface area contributed by atoms with Crippen LogP contribution < -0.4 is 15.8 Å². The van der Waals surface area contributed by atoms with Crippen LogP contribution >= 0.6 is 0 Å². The predicted octanol–water partition coefficient (Wildman–Crippen LogP) is 1.84. The molecular formula is C14H16N2O3. The molecule has 0 atom stereocenters. The van der Waals surface area contributed by atoms with Crippen molar-refractivity contribution < 1.29 is 13.9 Å². The van der Waals surface area contributed by atoms with Crippen LogP contribution in [0.2, 0.25) is 0 Å². The molecule has 1 aromatic heterocycles. The lowest BCUT2D eigenvalue weighted by atomic mass is 10.1. The highest BCUT2D eigenvalue weighted by Crippen LogP contribution is 2.19. The first-order chi connectivity index (χ1) is 9.20. The number of carbonyl (C=O) groups excluding carboxylic acids is 1. The van der Waals surface area contributed by atoms with Crippen LogP contribution in [0.25, 0.3) is 0 Å². The fourth-order valence-electron chi connectivity index (χ4n) is 1.72. The highest BCUT2D eigenvalue weighted by molar-refractivity contribution is 5.99. The summed E-state index contributed by atoms with van der Waals surface area (Å²) in [5.41, 5.74) is 6.65. The van der Waals surface area contributed by atoms with Crippen LogP contribution in [0.4, 0.5) is 5.69 Å². The van der Waals surface area contributed by atoms with Crippen LogP contribution in [-0.2, 0) is 6.42 Å². The first kappa shape index (κ1) is 13.0. The number of nitrogen functional groups attached to an aromatic ring is 1. The standard InChI is InChI=1S/C14H16N2O3/c1-18-11-4-5-12(13(15)9-11)14(17)16-7-6-10-3-2-8-19-10/h2-5,8-9H,6-7,15H2,1H3,(H,16,17). The Morgan fingerprint density at radius 2 is 2.26 bits per heavy atom. The fraction of sp³-hybridized carbons (Fsp3) is 0.214. The van der Waals surface area contributed by atoms with Crippen LogP contribution in [0.15, 0.2) is 41.0 Å². The van der Waals surface area contributed by atoms with E-state index in [2.05, 4.69) is 5.32 Å². The Morgan fingerprint density at radius 3 is 2.89 bits per heavy atom. The molecule has 0 fully saturated rings. The van der Waals surface area contributed by atoms with Crippen LogP contribution in [0.5, 0.6) is 5.75 Å². The summed E-state index contributed by atoms with van der Waals surface area (Å²) >= 11 is 0. The van der Waals surface area contributed by atoms with Gasteiger partial charge in [0.2, 0.25) is 0 Å². The molecule has 19 heavy (non-hydrogen) atoms. The monoisotopic (exact) mass is 260 g/mol. The third-order valence-corrected chi connectivity index (χ3v) is 2.74. The van der Waals surface area contributed by atoms with Gasteiger partial charge in [-0.15, -0.1) is 0 Å². The second-order valence-corrected chi connectivity index (χ2v) is 4.04. The molecule has 1 amide bonds. The lowest BCUT2D eigenvalue weighted by Crippen LogP contribution is -2.26. The molecule has 0 aliphatic rings. The largest absolute Gasteiger partial charge is 0.497 e. The Labute approximate surface area is 111 Å². The van der Waals surface area contributed by atoms with Gasteiger partial charge in [-0.3, -0.25) is 4.79 Å². The second kappa shape index (κ2) is 5.95. The summed E-state index contributed by atoms with van der Waals surface area (Å²) in [6, 6.07) is 8.67. The maximum absolute atomic E-state index is 11.9. The Balaban J connectivity index is 1.92. The average molecular weight is 260 g/mol. The number of hydrogen-bond acceptors (Lipinski definition) is 4. The lowest BCUT2D eigenvalue weighted by Gasteiger charge is -2.08. The minimum Gasteiger partial charge on any atom is -0.497 e. The quantitative estimate of drug-likeness (QED) is 0.804. The highest BCUT2D eigenvalue weighted by atomic mass is 16.5. The van der Waals surface area contributed by atoms with Crippen molar-refractivity contribution in [3.63, 3.8) is 0 Å². The number of methoxy groups -OCH3 is 1. The van der Waals surface area contributed by atoms with E-state index in [0.717, 1.165) is 5.76 Å². The van der Waals surface area contributed by atoms with Crippen LogP contribution in [0.1, 0.15) is 16.1 Å². The molecule has 0 unspecified atom stereocenters. The van der Waals surface area contributed by atoms with Crippen molar-refractivity contribution in [2.24, 2.45) is 0 Å². The van der Waals surface area contributed by atoms with Gasteiger partial charge in [0, 0.05) is 24.7 Å². The highest BCUT2D eigenvalue weighted by Gasteiger charge is 2.10. The fourth-order valence-corrected chi connectivity index (χ4v) is 1.72. The molecule has 100 valence electrons. The molecule has 0 radical (unpaired) electrons. The van der Waals surface area contributed by atoms with E-state index in [-0.39, 0.29) is 5.91 Å². The molecule has 5 heteroatoms. The summed E-state index contributed by atoms with van der Waals surface area (Å²) < 4.78 is 10.2. The van der Waals surface area contributed by atoms with Crippen molar-refractivity contribution in [1.82, 2.24) is 5.32 Å². The topological polar surface area (TPSA) is 77.5 Å². The van der Waals surface area contributed by atoms with Gasteiger partial charge in [0.25, 0.3) is 5.91 Å². The van der Waals surface area contributed by atoms with Crippen molar-refractivity contribution in [2.75, 3.05) is 19.4 Å². The van der Waals surface area contributed by atoms with E-state index in [4.69, 9.17) is 14.9 Å². The minimum atomic E-state index is -0.202. The molecule has 0 saturated carbocycles. The van der Waals surface area contributed by atoms with Crippen molar-refractivity contribution in [1.29, 1.82) is 0 Å². The number of nitrogens with one attached hydrogen (secondary N) is 1. The molecule has 2 rings (SSSR count). The average Bonchev–Trinajstić information content (AvgIpc) is 2.91. The Kier molecular flexibility index (Phi) is 4.07. The summed E-state index contributed by atoms with van der Waals surface area (Å²) in [5, 5.41) is 2.80. The molecule has 0 aliphatic carbocycles. The second-order valence-electron chi connectivity index (χ2n) is 4.04. The van der Waals surface area contributed by atoms with E-state index in [0.29, 0.717) is 30.0 Å². The van der Waals surface area contributed by atoms with Gasteiger partial charge in [0.05, 0.1) is 18.9 Å². The molecule has 0 saturated heterocycles. The molecule has 1 heterocycles. The molecule has 5 nitrogen and oxygen atoms in total. The zero-order chi connectivity index (χ0) is 13.7. The number of carbonyl (C=O) groups is 1. The van der Waals surface area contributed by atoms with Crippen LogP contribution in [0, 0.1) is 0 Å². The SMILES string of the molecule is COc1ccc(C(=O)NCCc2ccco2)c(N)c1. The van der Waals surface area contributed by atoms with Gasteiger partial charge in [-0.25, -0.2) is 0 Å². The number of benzene rings is 1. The predicted molar refractivity (Wildman–Crippen MR) is 72.2 cm³/mol. The first-order valence-electron chi connectivity index (χ1n) is 5.95. The van der Waals surface area contributed by atoms with Crippen molar-refractivity contribution in [3.05, 3.63) is 47.9 Å². The zero-order valence-electron chi connectivity index (χ0n) is 10.7. The summed E-state index contributed by atoms with van der Waals surface area (Å²) in [7, 11) is 1.55. The summed E-state index contributed by atoms with van der Waals surface area (Å²) in [6.45, 7) is 0.498. The maximum Gasteiger partial charge on any atom is 0.253 e. The number of rotatable bonds is 5. The van der Waals surface area contributed by atoms with Gasteiger partial charge < -0.3 is 20.2 Å². The molecule has 0 bridgehead atoms. The number of furan rings is 1. The van der Waals surface area contributed by atoms with Crippen molar-refractivity contribution in [2.45, 2.75) is 6.42 Å². The molecular weight excluding hydrogens is 244 g/mol. The van der Waals surface area contributed by atoms with Crippen molar-refractivity contribution in [3.8, 4) is 5.75 Å². The number of ether oxygens (including phenoxy) is 1. The van der Waals surface area contributed by atoms with Gasteiger partial charge in [-0.1, -0.05) is 0 Å². The van der Waals surface area contributed by atoms with E-state index in [1.807, 2.05) is 12.1 Å². The van der Waals surface area contributed by atoms with E-state index in [1.165, 1.54) is 0 Å². The van der Waals surface area contributed by atoms with Crippen molar-refractivity contribution >= 4 is 11.6 Å². The number of nitrogens with two attached hydrogens (primary N) is 1. The molecule has 2 aromatic rings. The Bertz CT molecular complexity index is 550. The Hall–Kier alpha value is -2.43. The maximum atomic E-state index is 11.9.